The molecule has 0 aliphatic carbocycles. The molecule has 0 atom stereocenters. The molecule has 2 aromatic heterocycles. The van der Waals surface area contributed by atoms with Crippen LogP contribution in [0.1, 0.15) is 0 Å². The number of fused-ring (bicyclic) bond motifs is 6. The molecular formula is C19H12N2. The monoisotopic (exact) mass is 268 g/mol. The van der Waals surface area contributed by atoms with E-state index in [0.29, 0.717) is 0 Å². The summed E-state index contributed by atoms with van der Waals surface area (Å²) in [6.45, 7) is 0. The first-order valence-electron chi connectivity index (χ1n) is 7.08. The highest BCUT2D eigenvalue weighted by Crippen LogP contribution is 2.31. The molecule has 0 unspecified atom stereocenters. The van der Waals surface area contributed by atoms with E-state index in [2.05, 4.69) is 59.6 Å². The van der Waals surface area contributed by atoms with Crippen LogP contribution in [-0.4, -0.2) is 9.97 Å². The van der Waals surface area contributed by atoms with Crippen molar-refractivity contribution in [2.75, 3.05) is 0 Å². The van der Waals surface area contributed by atoms with Crippen molar-refractivity contribution in [1.82, 2.24) is 9.97 Å². The van der Waals surface area contributed by atoms with Gasteiger partial charge in [0, 0.05) is 33.3 Å². The largest absolute Gasteiger partial charge is 0.361 e. The third-order valence-corrected chi connectivity index (χ3v) is 4.19. The Balaban J connectivity index is 2.04. The Hall–Kier alpha value is -2.87. The minimum Gasteiger partial charge on any atom is -0.361 e. The normalized spacial score (nSPS) is 11.8. The van der Waals surface area contributed by atoms with E-state index < -0.39 is 0 Å². The molecule has 0 aliphatic heterocycles. The number of nitrogens with one attached hydrogen (secondary N) is 1. The van der Waals surface area contributed by atoms with Crippen LogP contribution in [0.5, 0.6) is 0 Å². The number of rotatable bonds is 0. The second-order valence-electron chi connectivity index (χ2n) is 5.42. The molecule has 21 heavy (non-hydrogen) atoms. The quantitative estimate of drug-likeness (QED) is 0.392. The molecule has 3 aromatic carbocycles. The van der Waals surface area contributed by atoms with Gasteiger partial charge in [-0.1, -0.05) is 30.3 Å². The van der Waals surface area contributed by atoms with Crippen LogP contribution in [-0.2, 0) is 0 Å². The smallest absolute Gasteiger partial charge is 0.0788 e. The molecule has 1 N–H and O–H groups in total. The van der Waals surface area contributed by atoms with Crippen molar-refractivity contribution in [2.24, 2.45) is 0 Å². The first-order chi connectivity index (χ1) is 10.4. The minimum absolute atomic E-state index is 1.05. The number of aromatic amines is 1. The van der Waals surface area contributed by atoms with Crippen molar-refractivity contribution in [3.63, 3.8) is 0 Å². The summed E-state index contributed by atoms with van der Waals surface area (Å²) in [5.74, 6) is 0. The van der Waals surface area contributed by atoms with Gasteiger partial charge >= 0.3 is 0 Å². The van der Waals surface area contributed by atoms with Crippen LogP contribution in [0.25, 0.3) is 43.5 Å². The van der Waals surface area contributed by atoms with Crippen LogP contribution in [0.4, 0.5) is 0 Å². The highest BCUT2D eigenvalue weighted by atomic mass is 14.7. The van der Waals surface area contributed by atoms with E-state index in [0.717, 1.165) is 16.6 Å². The van der Waals surface area contributed by atoms with Gasteiger partial charge in [0.25, 0.3) is 0 Å². The highest BCUT2D eigenvalue weighted by Gasteiger charge is 2.08. The van der Waals surface area contributed by atoms with E-state index in [1.54, 1.807) is 0 Å². The van der Waals surface area contributed by atoms with Crippen molar-refractivity contribution in [2.45, 2.75) is 0 Å². The lowest BCUT2D eigenvalue weighted by Gasteiger charge is -2.04. The lowest BCUT2D eigenvalue weighted by Crippen LogP contribution is -1.84. The second kappa shape index (κ2) is 3.83. The predicted octanol–water partition coefficient (Wildman–Crippen LogP) is 5.02. The van der Waals surface area contributed by atoms with Gasteiger partial charge in [0.1, 0.15) is 0 Å². The van der Waals surface area contributed by atoms with Crippen LogP contribution in [0, 0.1) is 0 Å². The average Bonchev–Trinajstić information content (AvgIpc) is 2.90. The lowest BCUT2D eigenvalue weighted by atomic mass is 10.1. The van der Waals surface area contributed by atoms with Gasteiger partial charge in [-0.2, -0.15) is 0 Å². The summed E-state index contributed by atoms with van der Waals surface area (Å²) in [5.41, 5.74) is 3.28. The molecule has 2 heterocycles. The Morgan fingerprint density at radius 2 is 1.62 bits per heavy atom. The Bertz CT molecular complexity index is 1140. The number of benzene rings is 2. The summed E-state index contributed by atoms with van der Waals surface area (Å²) >= 11 is 0. The molecule has 0 radical (unpaired) electrons. The zero-order chi connectivity index (χ0) is 13.8. The Morgan fingerprint density at radius 1 is 0.714 bits per heavy atom. The van der Waals surface area contributed by atoms with E-state index in [9.17, 15) is 0 Å². The number of pyridine rings is 2. The maximum atomic E-state index is 4.90. The van der Waals surface area contributed by atoms with E-state index in [1.807, 2.05) is 12.3 Å². The van der Waals surface area contributed by atoms with E-state index in [4.69, 9.17) is 4.98 Å². The van der Waals surface area contributed by atoms with Crippen molar-refractivity contribution in [3.8, 4) is 0 Å². The summed E-state index contributed by atoms with van der Waals surface area (Å²) in [4.78, 5) is 8.19. The second-order valence-corrected chi connectivity index (χ2v) is 5.42. The van der Waals surface area contributed by atoms with Gasteiger partial charge < -0.3 is 4.98 Å². The first kappa shape index (κ1) is 10.9. The highest BCUT2D eigenvalue weighted by molar-refractivity contribution is 6.15. The first-order valence-corrected chi connectivity index (χ1v) is 7.08. The molecule has 0 bridgehead atoms. The predicted molar refractivity (Wildman–Crippen MR) is 88.6 cm³/mol. The summed E-state index contributed by atoms with van der Waals surface area (Å²) in [6, 6.07) is 21.3. The average molecular weight is 268 g/mol. The molecule has 0 amide bonds. The molecule has 0 saturated heterocycles. The van der Waals surface area contributed by atoms with Gasteiger partial charge in [0.05, 0.1) is 11.0 Å². The van der Waals surface area contributed by atoms with Crippen LogP contribution in [0.2, 0.25) is 0 Å². The standard InChI is InChI=1S/C19H12N2/c1-2-5-14-12(4-1)10-13-11-16-15-6-3-9-20-17(15)7-8-18(16)21-19(13)14/h1-11,20H. The Labute approximate surface area is 121 Å². The van der Waals surface area contributed by atoms with Gasteiger partial charge in [-0.15, -0.1) is 0 Å². The SMILES string of the molecule is c1ccc2c(c1)cc1cc3c(ccc4[nH]cccc43)nc12. The van der Waals surface area contributed by atoms with Gasteiger partial charge in [0.15, 0.2) is 0 Å². The Kier molecular flexibility index (Phi) is 1.98. The fourth-order valence-electron chi connectivity index (χ4n) is 3.20. The maximum Gasteiger partial charge on any atom is 0.0788 e. The number of H-pyrrole nitrogens is 1. The molecule has 98 valence electrons. The van der Waals surface area contributed by atoms with Crippen molar-refractivity contribution >= 4 is 43.5 Å². The zero-order valence-corrected chi connectivity index (χ0v) is 11.3. The van der Waals surface area contributed by atoms with Crippen LogP contribution < -0.4 is 0 Å². The molecule has 2 nitrogen and oxygen atoms in total. The van der Waals surface area contributed by atoms with Crippen LogP contribution in [0.15, 0.2) is 66.9 Å². The third-order valence-electron chi connectivity index (χ3n) is 4.19. The van der Waals surface area contributed by atoms with Gasteiger partial charge in [-0.05, 0) is 35.7 Å². The number of aromatic nitrogens is 2. The molecule has 0 aliphatic rings. The van der Waals surface area contributed by atoms with E-state index in [-0.39, 0.29) is 0 Å². The summed E-state index contributed by atoms with van der Waals surface area (Å²) < 4.78 is 0. The molecule has 0 saturated carbocycles. The summed E-state index contributed by atoms with van der Waals surface area (Å²) in [6.07, 6.45) is 1.96. The number of hydrogen-bond donors (Lipinski definition) is 1. The lowest BCUT2D eigenvalue weighted by molar-refractivity contribution is 1.41. The topological polar surface area (TPSA) is 28.7 Å². The molecule has 0 fully saturated rings. The molecule has 2 heteroatoms. The van der Waals surface area contributed by atoms with Crippen molar-refractivity contribution in [1.29, 1.82) is 0 Å². The summed E-state index contributed by atoms with van der Waals surface area (Å²) in [5, 5.41) is 6.11. The molecule has 5 rings (SSSR count). The van der Waals surface area contributed by atoms with Gasteiger partial charge in [0.2, 0.25) is 0 Å². The van der Waals surface area contributed by atoms with Gasteiger partial charge in [-0.3, -0.25) is 0 Å². The van der Waals surface area contributed by atoms with Crippen molar-refractivity contribution < 1.29 is 0 Å². The van der Waals surface area contributed by atoms with Crippen molar-refractivity contribution in [3.05, 3.63) is 66.9 Å². The van der Waals surface area contributed by atoms with E-state index in [1.165, 1.54) is 26.9 Å². The third kappa shape index (κ3) is 1.44. The fourth-order valence-corrected chi connectivity index (χ4v) is 3.20. The van der Waals surface area contributed by atoms with Crippen LogP contribution in [0.3, 0.4) is 0 Å². The summed E-state index contributed by atoms with van der Waals surface area (Å²) in [7, 11) is 0. The zero-order valence-electron chi connectivity index (χ0n) is 11.3. The fraction of sp³-hybridized carbons (Fsp3) is 0. The maximum absolute atomic E-state index is 4.90. The molecular weight excluding hydrogens is 256 g/mol. The van der Waals surface area contributed by atoms with Crippen LogP contribution >= 0.6 is 0 Å². The minimum atomic E-state index is 1.05. The number of hydrogen-bond acceptors (Lipinski definition) is 1. The van der Waals surface area contributed by atoms with Gasteiger partial charge in [-0.25, -0.2) is 4.98 Å². The number of nitrogens with zero attached hydrogens (tertiary/aromatic N) is 1. The molecule has 5 aromatic rings. The Morgan fingerprint density at radius 3 is 2.62 bits per heavy atom. The van der Waals surface area contributed by atoms with E-state index >= 15 is 0 Å². The molecule has 0 spiro atoms.